The summed E-state index contributed by atoms with van der Waals surface area (Å²) in [5.41, 5.74) is 0.850. The fraction of sp³-hybridized carbons (Fsp3) is 0.417. The zero-order valence-electron chi connectivity index (χ0n) is 9.10. The second kappa shape index (κ2) is 4.23. The molecule has 4 nitrogen and oxygen atoms in total. The van der Waals surface area contributed by atoms with Gasteiger partial charge >= 0.3 is 5.97 Å². The molecule has 1 fully saturated rings. The van der Waals surface area contributed by atoms with Gasteiger partial charge in [-0.15, -0.1) is 0 Å². The molecule has 0 amide bonds. The second-order valence-corrected chi connectivity index (χ2v) is 3.88. The summed E-state index contributed by atoms with van der Waals surface area (Å²) >= 11 is 0. The lowest BCUT2D eigenvalue weighted by Crippen LogP contribution is -2.28. The van der Waals surface area contributed by atoms with Crippen molar-refractivity contribution in [2.24, 2.45) is 0 Å². The number of hydrogen-bond donors (Lipinski definition) is 1. The number of ether oxygens (including phenoxy) is 2. The zero-order chi connectivity index (χ0) is 11.6. The Morgan fingerprint density at radius 2 is 2.12 bits per heavy atom. The van der Waals surface area contributed by atoms with Crippen molar-refractivity contribution in [2.75, 3.05) is 20.3 Å². The molecule has 0 aliphatic carbocycles. The van der Waals surface area contributed by atoms with Crippen molar-refractivity contribution in [1.82, 2.24) is 0 Å². The summed E-state index contributed by atoms with van der Waals surface area (Å²) in [4.78, 5) is 10.7. The van der Waals surface area contributed by atoms with Crippen molar-refractivity contribution in [3.63, 3.8) is 0 Å². The summed E-state index contributed by atoms with van der Waals surface area (Å²) in [6.45, 7) is 1.20. The van der Waals surface area contributed by atoms with Gasteiger partial charge in [0, 0.05) is 20.1 Å². The van der Waals surface area contributed by atoms with E-state index < -0.39 is 11.6 Å². The van der Waals surface area contributed by atoms with E-state index in [1.807, 2.05) is 0 Å². The van der Waals surface area contributed by atoms with Gasteiger partial charge in [-0.2, -0.15) is 0 Å². The lowest BCUT2D eigenvalue weighted by atomic mass is 9.92. The third-order valence-corrected chi connectivity index (χ3v) is 3.03. The van der Waals surface area contributed by atoms with Crippen LogP contribution in [0.2, 0.25) is 0 Å². The minimum atomic E-state index is -0.916. The van der Waals surface area contributed by atoms with Crippen molar-refractivity contribution in [3.8, 4) is 0 Å². The molecule has 0 aromatic heterocycles. The first kappa shape index (κ1) is 11.1. The Balaban J connectivity index is 2.29. The van der Waals surface area contributed by atoms with Crippen LogP contribution in [0.15, 0.2) is 24.3 Å². The summed E-state index contributed by atoms with van der Waals surface area (Å²) in [6.07, 6.45) is 0.802. The van der Waals surface area contributed by atoms with Gasteiger partial charge in [0.2, 0.25) is 0 Å². The molecule has 2 rings (SSSR count). The van der Waals surface area contributed by atoms with Crippen molar-refractivity contribution < 1.29 is 19.4 Å². The molecule has 4 heteroatoms. The zero-order valence-corrected chi connectivity index (χ0v) is 9.10. The summed E-state index contributed by atoms with van der Waals surface area (Å²) in [7, 11) is 1.65. The lowest BCUT2D eigenvalue weighted by molar-refractivity contribution is -0.0213. The number of rotatable bonds is 3. The Morgan fingerprint density at radius 3 is 2.56 bits per heavy atom. The quantitative estimate of drug-likeness (QED) is 0.844. The molecule has 0 spiro atoms. The predicted octanol–water partition coefficient (Wildman–Crippen LogP) is 1.65. The number of aromatic carboxylic acids is 1. The third-order valence-electron chi connectivity index (χ3n) is 3.03. The van der Waals surface area contributed by atoms with E-state index in [1.165, 1.54) is 0 Å². The van der Waals surface area contributed by atoms with E-state index in [1.54, 1.807) is 31.4 Å². The SMILES string of the molecule is COC1(c2ccc(C(=O)O)cc2)CCOC1. The van der Waals surface area contributed by atoms with E-state index >= 15 is 0 Å². The van der Waals surface area contributed by atoms with Crippen LogP contribution < -0.4 is 0 Å². The first-order valence-corrected chi connectivity index (χ1v) is 5.15. The standard InChI is InChI=1S/C12H14O4/c1-15-12(6-7-16-8-12)10-4-2-9(3-5-10)11(13)14/h2-5H,6-8H2,1H3,(H,13,14). The maximum atomic E-state index is 10.7. The topological polar surface area (TPSA) is 55.8 Å². The normalized spacial score (nSPS) is 24.6. The Labute approximate surface area is 93.8 Å². The van der Waals surface area contributed by atoms with Gasteiger partial charge in [0.25, 0.3) is 0 Å². The van der Waals surface area contributed by atoms with Gasteiger partial charge in [-0.25, -0.2) is 4.79 Å². The smallest absolute Gasteiger partial charge is 0.335 e. The average Bonchev–Trinajstić information content (AvgIpc) is 2.79. The summed E-state index contributed by atoms with van der Waals surface area (Å²) in [5, 5.41) is 8.81. The average molecular weight is 222 g/mol. The van der Waals surface area contributed by atoms with E-state index in [-0.39, 0.29) is 5.56 Å². The van der Waals surface area contributed by atoms with Gasteiger partial charge in [0.05, 0.1) is 12.2 Å². The van der Waals surface area contributed by atoms with Crippen molar-refractivity contribution in [2.45, 2.75) is 12.0 Å². The molecule has 1 aliphatic heterocycles. The molecule has 1 atom stereocenters. The van der Waals surface area contributed by atoms with Crippen LogP contribution in [-0.2, 0) is 15.1 Å². The molecule has 1 heterocycles. The predicted molar refractivity (Wildman–Crippen MR) is 57.5 cm³/mol. The molecule has 1 saturated heterocycles. The number of hydrogen-bond acceptors (Lipinski definition) is 3. The monoisotopic (exact) mass is 222 g/mol. The van der Waals surface area contributed by atoms with E-state index in [0.29, 0.717) is 13.2 Å². The molecule has 1 aromatic carbocycles. The number of carboxylic acid groups (broad SMARTS) is 1. The van der Waals surface area contributed by atoms with Crippen LogP contribution in [0.25, 0.3) is 0 Å². The minimum Gasteiger partial charge on any atom is -0.478 e. The van der Waals surface area contributed by atoms with Crippen molar-refractivity contribution in [3.05, 3.63) is 35.4 Å². The van der Waals surface area contributed by atoms with Crippen LogP contribution in [0.5, 0.6) is 0 Å². The van der Waals surface area contributed by atoms with E-state index in [9.17, 15) is 4.79 Å². The molecule has 0 saturated carbocycles. The Kier molecular flexibility index (Phi) is 2.94. The first-order chi connectivity index (χ1) is 7.68. The summed E-state index contributed by atoms with van der Waals surface area (Å²) in [6, 6.07) is 6.77. The Morgan fingerprint density at radius 1 is 1.44 bits per heavy atom. The molecular formula is C12H14O4. The van der Waals surface area contributed by atoms with Crippen LogP contribution in [0.3, 0.4) is 0 Å². The summed E-state index contributed by atoms with van der Waals surface area (Å²) in [5.74, 6) is -0.916. The lowest BCUT2D eigenvalue weighted by Gasteiger charge is -2.26. The van der Waals surface area contributed by atoms with Crippen LogP contribution >= 0.6 is 0 Å². The van der Waals surface area contributed by atoms with Gasteiger partial charge in [-0.3, -0.25) is 0 Å². The van der Waals surface area contributed by atoms with Crippen molar-refractivity contribution in [1.29, 1.82) is 0 Å². The van der Waals surface area contributed by atoms with E-state index in [2.05, 4.69) is 0 Å². The molecule has 0 radical (unpaired) electrons. The highest BCUT2D eigenvalue weighted by atomic mass is 16.5. The highest BCUT2D eigenvalue weighted by Crippen LogP contribution is 2.33. The molecule has 1 aliphatic rings. The van der Waals surface area contributed by atoms with Gasteiger partial charge in [-0.1, -0.05) is 12.1 Å². The van der Waals surface area contributed by atoms with Crippen molar-refractivity contribution >= 4 is 5.97 Å². The maximum Gasteiger partial charge on any atom is 0.335 e. The molecule has 86 valence electrons. The number of benzene rings is 1. The molecular weight excluding hydrogens is 208 g/mol. The largest absolute Gasteiger partial charge is 0.478 e. The molecule has 1 aromatic rings. The van der Waals surface area contributed by atoms with Gasteiger partial charge in [-0.05, 0) is 17.7 Å². The molecule has 0 bridgehead atoms. The maximum absolute atomic E-state index is 10.7. The van der Waals surface area contributed by atoms with Gasteiger partial charge in [0.1, 0.15) is 5.60 Å². The van der Waals surface area contributed by atoms with Gasteiger partial charge in [0.15, 0.2) is 0 Å². The number of methoxy groups -OCH3 is 1. The van der Waals surface area contributed by atoms with E-state index in [0.717, 1.165) is 12.0 Å². The number of carbonyl (C=O) groups is 1. The minimum absolute atomic E-state index is 0.286. The van der Waals surface area contributed by atoms with Crippen LogP contribution in [0, 0.1) is 0 Å². The van der Waals surface area contributed by atoms with Crippen LogP contribution in [0.4, 0.5) is 0 Å². The van der Waals surface area contributed by atoms with E-state index in [4.69, 9.17) is 14.6 Å². The second-order valence-electron chi connectivity index (χ2n) is 3.88. The first-order valence-electron chi connectivity index (χ1n) is 5.15. The molecule has 1 N–H and O–H groups in total. The number of carboxylic acids is 1. The summed E-state index contributed by atoms with van der Waals surface area (Å²) < 4.78 is 10.9. The van der Waals surface area contributed by atoms with Crippen LogP contribution in [0.1, 0.15) is 22.3 Å². The van der Waals surface area contributed by atoms with Crippen LogP contribution in [-0.4, -0.2) is 31.4 Å². The third kappa shape index (κ3) is 1.81. The fourth-order valence-electron chi connectivity index (χ4n) is 1.97. The molecule has 16 heavy (non-hydrogen) atoms. The highest BCUT2D eigenvalue weighted by molar-refractivity contribution is 5.87. The Hall–Kier alpha value is -1.39. The highest BCUT2D eigenvalue weighted by Gasteiger charge is 2.36. The Bertz CT molecular complexity index is 377. The van der Waals surface area contributed by atoms with Gasteiger partial charge < -0.3 is 14.6 Å². The fourth-order valence-corrected chi connectivity index (χ4v) is 1.97. The molecule has 1 unspecified atom stereocenters.